The van der Waals surface area contributed by atoms with Crippen molar-refractivity contribution in [2.75, 3.05) is 27.7 Å². The SMILES string of the molecule is COc1ccc2c(c1)CCCN([C@H](C)C(=O)N(C)C)C2. The van der Waals surface area contributed by atoms with Gasteiger partial charge in [0.25, 0.3) is 0 Å². The van der Waals surface area contributed by atoms with Crippen LogP contribution in [0.25, 0.3) is 0 Å². The van der Waals surface area contributed by atoms with Gasteiger partial charge in [0.15, 0.2) is 0 Å². The summed E-state index contributed by atoms with van der Waals surface area (Å²) in [6.45, 7) is 3.79. The van der Waals surface area contributed by atoms with Gasteiger partial charge in [-0.1, -0.05) is 6.07 Å². The van der Waals surface area contributed by atoms with E-state index in [0.717, 1.165) is 31.7 Å². The second-order valence-electron chi connectivity index (χ2n) is 5.62. The molecule has 0 aliphatic carbocycles. The number of fused-ring (bicyclic) bond motifs is 1. The van der Waals surface area contributed by atoms with Crippen LogP contribution in [0, 0.1) is 0 Å². The maximum absolute atomic E-state index is 12.1. The summed E-state index contributed by atoms with van der Waals surface area (Å²) in [6.07, 6.45) is 2.12. The van der Waals surface area contributed by atoms with E-state index >= 15 is 0 Å². The molecule has 1 aliphatic rings. The van der Waals surface area contributed by atoms with Gasteiger partial charge in [0, 0.05) is 20.6 Å². The van der Waals surface area contributed by atoms with Gasteiger partial charge in [0.2, 0.25) is 5.91 Å². The summed E-state index contributed by atoms with van der Waals surface area (Å²) in [5.41, 5.74) is 2.65. The maximum atomic E-state index is 12.1. The molecule has 1 aromatic rings. The number of nitrogens with zero attached hydrogens (tertiary/aromatic N) is 2. The lowest BCUT2D eigenvalue weighted by Gasteiger charge is -2.29. The van der Waals surface area contributed by atoms with E-state index < -0.39 is 0 Å². The lowest BCUT2D eigenvalue weighted by molar-refractivity contribution is -0.134. The summed E-state index contributed by atoms with van der Waals surface area (Å²) in [7, 11) is 5.33. The average Bonchev–Trinajstić information content (AvgIpc) is 2.66. The van der Waals surface area contributed by atoms with Crippen molar-refractivity contribution in [3.8, 4) is 5.75 Å². The molecule has 0 fully saturated rings. The number of carbonyl (C=O) groups excluding carboxylic acids is 1. The van der Waals surface area contributed by atoms with Crippen LogP contribution in [0.1, 0.15) is 24.5 Å². The third-order valence-electron chi connectivity index (χ3n) is 4.02. The molecule has 110 valence electrons. The number of amides is 1. The first-order valence-electron chi connectivity index (χ1n) is 7.14. The summed E-state index contributed by atoms with van der Waals surface area (Å²) in [4.78, 5) is 16.1. The third kappa shape index (κ3) is 3.12. The molecule has 0 N–H and O–H groups in total. The zero-order valence-corrected chi connectivity index (χ0v) is 12.8. The Kier molecular flexibility index (Phi) is 4.65. The molecule has 2 rings (SSSR count). The molecule has 0 spiro atoms. The van der Waals surface area contributed by atoms with Crippen molar-refractivity contribution in [3.05, 3.63) is 29.3 Å². The van der Waals surface area contributed by atoms with Gasteiger partial charge in [0.05, 0.1) is 13.2 Å². The number of rotatable bonds is 3. The molecule has 1 atom stereocenters. The van der Waals surface area contributed by atoms with Gasteiger partial charge >= 0.3 is 0 Å². The summed E-state index contributed by atoms with van der Waals surface area (Å²) < 4.78 is 5.29. The molecule has 1 aliphatic heterocycles. The minimum absolute atomic E-state index is 0.0712. The number of ether oxygens (including phenoxy) is 1. The van der Waals surface area contributed by atoms with Crippen molar-refractivity contribution in [2.24, 2.45) is 0 Å². The lowest BCUT2D eigenvalue weighted by Crippen LogP contribution is -2.44. The first kappa shape index (κ1) is 14.9. The Morgan fingerprint density at radius 2 is 2.10 bits per heavy atom. The fourth-order valence-electron chi connectivity index (χ4n) is 2.75. The Morgan fingerprint density at radius 3 is 2.75 bits per heavy atom. The van der Waals surface area contributed by atoms with Crippen molar-refractivity contribution >= 4 is 5.91 Å². The van der Waals surface area contributed by atoms with E-state index in [1.54, 1.807) is 12.0 Å². The van der Waals surface area contributed by atoms with Crippen LogP contribution in [-0.2, 0) is 17.8 Å². The first-order chi connectivity index (χ1) is 9.52. The second-order valence-corrected chi connectivity index (χ2v) is 5.62. The smallest absolute Gasteiger partial charge is 0.239 e. The standard InChI is InChI=1S/C16H24N2O2/c1-12(16(19)17(2)3)18-9-5-6-13-10-15(20-4)8-7-14(13)11-18/h7-8,10,12H,5-6,9,11H2,1-4H3/t12-/m1/s1. The normalized spacial score (nSPS) is 17.0. The highest BCUT2D eigenvalue weighted by molar-refractivity contribution is 5.80. The van der Waals surface area contributed by atoms with Crippen molar-refractivity contribution in [2.45, 2.75) is 32.4 Å². The molecule has 0 bridgehead atoms. The second kappa shape index (κ2) is 6.27. The van der Waals surface area contributed by atoms with Gasteiger partial charge < -0.3 is 9.64 Å². The lowest BCUT2D eigenvalue weighted by atomic mass is 10.0. The Morgan fingerprint density at radius 1 is 1.35 bits per heavy atom. The summed E-state index contributed by atoms with van der Waals surface area (Å²) in [5, 5.41) is 0. The van der Waals surface area contributed by atoms with Crippen LogP contribution in [0.2, 0.25) is 0 Å². The number of hydrogen-bond acceptors (Lipinski definition) is 3. The molecule has 0 saturated heterocycles. The minimum atomic E-state index is -0.0712. The minimum Gasteiger partial charge on any atom is -0.497 e. The van der Waals surface area contributed by atoms with Gasteiger partial charge in [-0.3, -0.25) is 9.69 Å². The van der Waals surface area contributed by atoms with Crippen LogP contribution in [0.5, 0.6) is 5.75 Å². The van der Waals surface area contributed by atoms with Gasteiger partial charge in [-0.25, -0.2) is 0 Å². The fraction of sp³-hybridized carbons (Fsp3) is 0.562. The van der Waals surface area contributed by atoms with E-state index in [-0.39, 0.29) is 11.9 Å². The van der Waals surface area contributed by atoms with Crippen molar-refractivity contribution in [3.63, 3.8) is 0 Å². The van der Waals surface area contributed by atoms with E-state index in [1.165, 1.54) is 11.1 Å². The van der Waals surface area contributed by atoms with Crippen molar-refractivity contribution in [1.82, 2.24) is 9.80 Å². The predicted molar refractivity (Wildman–Crippen MR) is 79.9 cm³/mol. The van der Waals surface area contributed by atoms with Crippen molar-refractivity contribution in [1.29, 1.82) is 0 Å². The van der Waals surface area contributed by atoms with Gasteiger partial charge in [-0.15, -0.1) is 0 Å². The highest BCUT2D eigenvalue weighted by Crippen LogP contribution is 2.24. The molecule has 0 saturated carbocycles. The molecule has 20 heavy (non-hydrogen) atoms. The molecule has 1 heterocycles. The number of methoxy groups -OCH3 is 1. The van der Waals surface area contributed by atoms with E-state index in [2.05, 4.69) is 17.0 Å². The van der Waals surface area contributed by atoms with Crippen LogP contribution < -0.4 is 4.74 Å². The highest BCUT2D eigenvalue weighted by atomic mass is 16.5. The molecular weight excluding hydrogens is 252 g/mol. The first-order valence-corrected chi connectivity index (χ1v) is 7.14. The zero-order valence-electron chi connectivity index (χ0n) is 12.8. The average molecular weight is 276 g/mol. The number of aryl methyl sites for hydroxylation is 1. The monoisotopic (exact) mass is 276 g/mol. The van der Waals surface area contributed by atoms with Crippen LogP contribution in [0.15, 0.2) is 18.2 Å². The number of carbonyl (C=O) groups is 1. The quantitative estimate of drug-likeness (QED) is 0.845. The Labute approximate surface area is 121 Å². The Balaban J connectivity index is 2.18. The Hall–Kier alpha value is -1.55. The summed E-state index contributed by atoms with van der Waals surface area (Å²) in [6, 6.07) is 6.18. The Bertz CT molecular complexity index is 485. The molecule has 4 heteroatoms. The number of likely N-dealkylation sites (N-methyl/N-ethyl adjacent to an activating group) is 1. The molecule has 0 aromatic heterocycles. The van der Waals surface area contributed by atoms with E-state index in [4.69, 9.17) is 4.74 Å². The van der Waals surface area contributed by atoms with Crippen LogP contribution >= 0.6 is 0 Å². The number of hydrogen-bond donors (Lipinski definition) is 0. The van der Waals surface area contributed by atoms with E-state index in [1.807, 2.05) is 27.1 Å². The summed E-state index contributed by atoms with van der Waals surface area (Å²) >= 11 is 0. The third-order valence-corrected chi connectivity index (χ3v) is 4.02. The van der Waals surface area contributed by atoms with E-state index in [9.17, 15) is 4.79 Å². The van der Waals surface area contributed by atoms with Gasteiger partial charge in [-0.05, 0) is 49.6 Å². The molecule has 0 radical (unpaired) electrons. The highest BCUT2D eigenvalue weighted by Gasteiger charge is 2.25. The molecule has 0 unspecified atom stereocenters. The molecule has 4 nitrogen and oxygen atoms in total. The largest absolute Gasteiger partial charge is 0.497 e. The zero-order chi connectivity index (χ0) is 14.7. The summed E-state index contributed by atoms with van der Waals surface area (Å²) in [5.74, 6) is 1.08. The number of benzene rings is 1. The molecule has 1 amide bonds. The van der Waals surface area contributed by atoms with Gasteiger partial charge in [-0.2, -0.15) is 0 Å². The fourth-order valence-corrected chi connectivity index (χ4v) is 2.75. The van der Waals surface area contributed by atoms with Gasteiger partial charge in [0.1, 0.15) is 5.75 Å². The van der Waals surface area contributed by atoms with Crippen LogP contribution in [0.4, 0.5) is 0 Å². The van der Waals surface area contributed by atoms with Crippen LogP contribution in [0.3, 0.4) is 0 Å². The molecule has 1 aromatic carbocycles. The topological polar surface area (TPSA) is 32.8 Å². The van der Waals surface area contributed by atoms with Crippen molar-refractivity contribution < 1.29 is 9.53 Å². The predicted octanol–water partition coefficient (Wildman–Crippen LogP) is 1.92. The van der Waals surface area contributed by atoms with Crippen LogP contribution in [-0.4, -0.2) is 49.5 Å². The maximum Gasteiger partial charge on any atom is 0.239 e. The molecular formula is C16H24N2O2. The van der Waals surface area contributed by atoms with E-state index in [0.29, 0.717) is 0 Å².